The van der Waals surface area contributed by atoms with Gasteiger partial charge < -0.3 is 10.6 Å². The van der Waals surface area contributed by atoms with Gasteiger partial charge in [0.15, 0.2) is 0 Å². The Morgan fingerprint density at radius 1 is 1.23 bits per heavy atom. The predicted molar refractivity (Wildman–Crippen MR) is 92.1 cm³/mol. The molecule has 0 radical (unpaired) electrons. The molecule has 0 aromatic heterocycles. The van der Waals surface area contributed by atoms with Gasteiger partial charge in [-0.15, -0.1) is 0 Å². The third-order valence-electron chi connectivity index (χ3n) is 5.14. The summed E-state index contributed by atoms with van der Waals surface area (Å²) in [6, 6.07) is 8.42. The van der Waals surface area contributed by atoms with E-state index in [4.69, 9.17) is 0 Å². The standard InChI is InChI=1S/C19H30N2O/c1-5-15-6-8-16(9-7-15)18(2,3)17(22)21-14-19(4)10-12-20-13-11-19/h6-9,20H,5,10-14H2,1-4H3,(H,21,22). The van der Waals surface area contributed by atoms with E-state index in [-0.39, 0.29) is 11.3 Å². The highest BCUT2D eigenvalue weighted by molar-refractivity contribution is 5.87. The van der Waals surface area contributed by atoms with Gasteiger partial charge in [-0.3, -0.25) is 4.79 Å². The highest BCUT2D eigenvalue weighted by atomic mass is 16.2. The van der Waals surface area contributed by atoms with Gasteiger partial charge in [-0.05, 0) is 62.7 Å². The maximum Gasteiger partial charge on any atom is 0.230 e. The van der Waals surface area contributed by atoms with Gasteiger partial charge in [0.25, 0.3) is 0 Å². The number of hydrogen-bond donors (Lipinski definition) is 2. The van der Waals surface area contributed by atoms with Crippen molar-refractivity contribution in [2.45, 2.75) is 52.4 Å². The maximum absolute atomic E-state index is 12.7. The molecule has 1 aliphatic rings. The van der Waals surface area contributed by atoms with Crippen LogP contribution in [-0.2, 0) is 16.6 Å². The van der Waals surface area contributed by atoms with Crippen LogP contribution in [0.3, 0.4) is 0 Å². The molecule has 3 heteroatoms. The van der Waals surface area contributed by atoms with Crippen LogP contribution in [0.5, 0.6) is 0 Å². The fourth-order valence-electron chi connectivity index (χ4n) is 3.01. The van der Waals surface area contributed by atoms with E-state index < -0.39 is 5.41 Å². The second kappa shape index (κ2) is 6.82. The third-order valence-corrected chi connectivity index (χ3v) is 5.14. The van der Waals surface area contributed by atoms with E-state index in [2.05, 4.69) is 48.7 Å². The lowest BCUT2D eigenvalue weighted by atomic mass is 9.79. The minimum Gasteiger partial charge on any atom is -0.355 e. The average molecular weight is 302 g/mol. The first-order valence-corrected chi connectivity index (χ1v) is 8.46. The molecule has 0 unspecified atom stereocenters. The number of carbonyl (C=O) groups excluding carboxylic acids is 1. The van der Waals surface area contributed by atoms with Crippen LogP contribution in [0, 0.1) is 5.41 Å². The van der Waals surface area contributed by atoms with Crippen molar-refractivity contribution in [3.8, 4) is 0 Å². The third kappa shape index (κ3) is 3.89. The summed E-state index contributed by atoms with van der Waals surface area (Å²) in [6.45, 7) is 11.3. The van der Waals surface area contributed by atoms with E-state index in [1.807, 2.05) is 13.8 Å². The smallest absolute Gasteiger partial charge is 0.230 e. The van der Waals surface area contributed by atoms with Crippen molar-refractivity contribution in [1.29, 1.82) is 0 Å². The molecule has 1 heterocycles. The first-order valence-electron chi connectivity index (χ1n) is 8.46. The van der Waals surface area contributed by atoms with E-state index in [0.717, 1.165) is 44.5 Å². The summed E-state index contributed by atoms with van der Waals surface area (Å²) in [7, 11) is 0. The molecule has 1 amide bonds. The molecule has 1 fully saturated rings. The minimum absolute atomic E-state index is 0.122. The van der Waals surface area contributed by atoms with Crippen molar-refractivity contribution >= 4 is 5.91 Å². The topological polar surface area (TPSA) is 41.1 Å². The van der Waals surface area contributed by atoms with Gasteiger partial charge in [0, 0.05) is 6.54 Å². The zero-order valence-electron chi connectivity index (χ0n) is 14.5. The summed E-state index contributed by atoms with van der Waals surface area (Å²) in [6.07, 6.45) is 3.27. The van der Waals surface area contributed by atoms with Gasteiger partial charge >= 0.3 is 0 Å². The average Bonchev–Trinajstić information content (AvgIpc) is 2.53. The van der Waals surface area contributed by atoms with Crippen LogP contribution in [0.4, 0.5) is 0 Å². The molecule has 1 aliphatic heterocycles. The molecule has 122 valence electrons. The molecule has 22 heavy (non-hydrogen) atoms. The van der Waals surface area contributed by atoms with E-state index in [0.29, 0.717) is 0 Å². The second-order valence-electron chi connectivity index (χ2n) is 7.42. The molecule has 0 spiro atoms. The Morgan fingerprint density at radius 3 is 2.36 bits per heavy atom. The molecule has 1 aromatic rings. The summed E-state index contributed by atoms with van der Waals surface area (Å²) in [5.74, 6) is 0.122. The number of hydrogen-bond acceptors (Lipinski definition) is 2. The predicted octanol–water partition coefficient (Wildman–Crippen LogP) is 3.03. The summed E-state index contributed by atoms with van der Waals surface area (Å²) in [4.78, 5) is 12.7. The Labute approximate surface area is 134 Å². The lowest BCUT2D eigenvalue weighted by Crippen LogP contribution is -2.47. The molecule has 2 rings (SSSR count). The minimum atomic E-state index is -0.491. The summed E-state index contributed by atoms with van der Waals surface area (Å²) in [5.41, 5.74) is 2.12. The molecule has 0 aliphatic carbocycles. The van der Waals surface area contributed by atoms with Crippen molar-refractivity contribution in [1.82, 2.24) is 10.6 Å². The monoisotopic (exact) mass is 302 g/mol. The van der Waals surface area contributed by atoms with Crippen LogP contribution in [0.2, 0.25) is 0 Å². The van der Waals surface area contributed by atoms with Crippen LogP contribution < -0.4 is 10.6 Å². The lowest BCUT2D eigenvalue weighted by Gasteiger charge is -2.35. The number of carbonyl (C=O) groups is 1. The summed E-state index contributed by atoms with van der Waals surface area (Å²) < 4.78 is 0. The molecule has 0 atom stereocenters. The van der Waals surface area contributed by atoms with Gasteiger partial charge in [0.2, 0.25) is 5.91 Å². The van der Waals surface area contributed by atoms with Gasteiger partial charge in [-0.1, -0.05) is 38.1 Å². The van der Waals surface area contributed by atoms with Crippen molar-refractivity contribution < 1.29 is 4.79 Å². The Morgan fingerprint density at radius 2 is 1.82 bits per heavy atom. The van der Waals surface area contributed by atoms with Crippen molar-refractivity contribution in [2.24, 2.45) is 5.41 Å². The largest absolute Gasteiger partial charge is 0.355 e. The van der Waals surface area contributed by atoms with Crippen LogP contribution in [0.1, 0.15) is 51.7 Å². The lowest BCUT2D eigenvalue weighted by molar-refractivity contribution is -0.126. The highest BCUT2D eigenvalue weighted by Crippen LogP contribution is 2.28. The molecule has 1 saturated heterocycles. The number of aryl methyl sites for hydroxylation is 1. The molecule has 1 aromatic carbocycles. The van der Waals surface area contributed by atoms with Crippen LogP contribution >= 0.6 is 0 Å². The second-order valence-corrected chi connectivity index (χ2v) is 7.42. The van der Waals surface area contributed by atoms with Crippen LogP contribution in [0.15, 0.2) is 24.3 Å². The van der Waals surface area contributed by atoms with Gasteiger partial charge in [-0.25, -0.2) is 0 Å². The Bertz CT molecular complexity index is 499. The highest BCUT2D eigenvalue weighted by Gasteiger charge is 2.32. The zero-order valence-corrected chi connectivity index (χ0v) is 14.5. The Balaban J connectivity index is 2.00. The van der Waals surface area contributed by atoms with Crippen molar-refractivity contribution in [3.63, 3.8) is 0 Å². The molecule has 2 N–H and O–H groups in total. The SMILES string of the molecule is CCc1ccc(C(C)(C)C(=O)NCC2(C)CCNCC2)cc1. The normalized spacial score (nSPS) is 18.0. The molecular formula is C19H30N2O. The molecular weight excluding hydrogens is 272 g/mol. The first kappa shape index (κ1) is 17.0. The van der Waals surface area contributed by atoms with E-state index in [9.17, 15) is 4.79 Å². The number of benzene rings is 1. The van der Waals surface area contributed by atoms with Crippen molar-refractivity contribution in [3.05, 3.63) is 35.4 Å². The summed E-state index contributed by atoms with van der Waals surface area (Å²) >= 11 is 0. The number of nitrogens with one attached hydrogen (secondary N) is 2. The summed E-state index contributed by atoms with van der Waals surface area (Å²) in [5, 5.41) is 6.58. The zero-order chi connectivity index (χ0) is 16.2. The molecule has 3 nitrogen and oxygen atoms in total. The molecule has 0 saturated carbocycles. The van der Waals surface area contributed by atoms with E-state index in [1.54, 1.807) is 0 Å². The quantitative estimate of drug-likeness (QED) is 0.878. The van der Waals surface area contributed by atoms with Crippen LogP contribution in [0.25, 0.3) is 0 Å². The molecule has 0 bridgehead atoms. The van der Waals surface area contributed by atoms with Gasteiger partial charge in [0.05, 0.1) is 5.41 Å². The first-order chi connectivity index (χ1) is 10.4. The number of amides is 1. The van der Waals surface area contributed by atoms with E-state index >= 15 is 0 Å². The maximum atomic E-state index is 12.7. The van der Waals surface area contributed by atoms with E-state index in [1.165, 1.54) is 5.56 Å². The number of rotatable bonds is 5. The van der Waals surface area contributed by atoms with Gasteiger partial charge in [-0.2, -0.15) is 0 Å². The fraction of sp³-hybridized carbons (Fsp3) is 0.632. The van der Waals surface area contributed by atoms with Gasteiger partial charge in [0.1, 0.15) is 0 Å². The Kier molecular flexibility index (Phi) is 5.28. The van der Waals surface area contributed by atoms with Crippen molar-refractivity contribution in [2.75, 3.05) is 19.6 Å². The fourth-order valence-corrected chi connectivity index (χ4v) is 3.01. The Hall–Kier alpha value is -1.35. The van der Waals surface area contributed by atoms with Crippen LogP contribution in [-0.4, -0.2) is 25.5 Å². The number of piperidine rings is 1.